The molecule has 1 amide bonds. The van der Waals surface area contributed by atoms with E-state index in [0.29, 0.717) is 12.3 Å². The van der Waals surface area contributed by atoms with Crippen molar-refractivity contribution in [2.24, 2.45) is 11.7 Å². The molecule has 5 nitrogen and oxygen atoms in total. The monoisotopic (exact) mass is 382 g/mol. The smallest absolute Gasteiger partial charge is 0.222 e. The van der Waals surface area contributed by atoms with E-state index >= 15 is 0 Å². The molecule has 28 heavy (non-hydrogen) atoms. The number of aryl methyl sites for hydroxylation is 2. The van der Waals surface area contributed by atoms with Crippen molar-refractivity contribution in [3.63, 3.8) is 0 Å². The standard InChI is InChI=1S/C23H34N4O/c1-16-5-7-20(8-6-16)15-27-19(4)22(18(3)25-27)9-10-23(28)26-13-11-21(12-14-26)17(2)24/h5-8,17,21H,9-15,24H2,1-4H3. The van der Waals surface area contributed by atoms with Crippen LogP contribution >= 0.6 is 0 Å². The van der Waals surface area contributed by atoms with Gasteiger partial charge in [-0.05, 0) is 64.0 Å². The minimum atomic E-state index is 0.224. The topological polar surface area (TPSA) is 64.2 Å². The number of aromatic nitrogens is 2. The van der Waals surface area contributed by atoms with Crippen LogP contribution in [-0.2, 0) is 17.8 Å². The number of carbonyl (C=O) groups is 1. The lowest BCUT2D eigenvalue weighted by atomic mass is 9.91. The average molecular weight is 383 g/mol. The van der Waals surface area contributed by atoms with E-state index in [9.17, 15) is 4.79 Å². The maximum Gasteiger partial charge on any atom is 0.222 e. The lowest BCUT2D eigenvalue weighted by Gasteiger charge is -2.33. The first-order valence-electron chi connectivity index (χ1n) is 10.5. The quantitative estimate of drug-likeness (QED) is 0.833. The minimum Gasteiger partial charge on any atom is -0.343 e. The van der Waals surface area contributed by atoms with Gasteiger partial charge >= 0.3 is 0 Å². The summed E-state index contributed by atoms with van der Waals surface area (Å²) in [5, 5.41) is 4.73. The Labute approximate surface area is 168 Å². The van der Waals surface area contributed by atoms with Crippen molar-refractivity contribution in [1.82, 2.24) is 14.7 Å². The van der Waals surface area contributed by atoms with Crippen LogP contribution in [0.4, 0.5) is 0 Å². The Balaban J connectivity index is 1.58. The zero-order chi connectivity index (χ0) is 20.3. The van der Waals surface area contributed by atoms with Crippen LogP contribution in [0, 0.1) is 26.7 Å². The molecule has 1 fully saturated rings. The largest absolute Gasteiger partial charge is 0.343 e. The highest BCUT2D eigenvalue weighted by molar-refractivity contribution is 5.76. The first kappa shape index (κ1) is 20.6. The molecule has 1 saturated heterocycles. The van der Waals surface area contributed by atoms with Gasteiger partial charge in [0.25, 0.3) is 0 Å². The molecule has 3 rings (SSSR count). The third-order valence-electron chi connectivity index (χ3n) is 6.21. The van der Waals surface area contributed by atoms with Gasteiger partial charge in [0, 0.05) is 31.2 Å². The molecule has 1 aliphatic rings. The normalized spacial score (nSPS) is 16.4. The molecule has 152 valence electrons. The summed E-state index contributed by atoms with van der Waals surface area (Å²) in [4.78, 5) is 14.7. The number of nitrogens with two attached hydrogens (primary N) is 1. The van der Waals surface area contributed by atoms with Gasteiger partial charge in [0.2, 0.25) is 5.91 Å². The molecular formula is C23H34N4O. The molecule has 0 spiro atoms. The molecule has 2 aromatic rings. The van der Waals surface area contributed by atoms with E-state index in [0.717, 1.165) is 44.6 Å². The average Bonchev–Trinajstić information content (AvgIpc) is 2.94. The van der Waals surface area contributed by atoms with E-state index in [2.05, 4.69) is 49.7 Å². The number of hydrogen-bond donors (Lipinski definition) is 1. The van der Waals surface area contributed by atoms with Crippen molar-refractivity contribution in [1.29, 1.82) is 0 Å². The summed E-state index contributed by atoms with van der Waals surface area (Å²) in [5.74, 6) is 0.807. The van der Waals surface area contributed by atoms with Crippen molar-refractivity contribution >= 4 is 5.91 Å². The molecule has 1 unspecified atom stereocenters. The fourth-order valence-electron chi connectivity index (χ4n) is 4.18. The van der Waals surface area contributed by atoms with Gasteiger partial charge in [-0.1, -0.05) is 29.8 Å². The van der Waals surface area contributed by atoms with E-state index in [1.807, 2.05) is 11.8 Å². The second-order valence-corrected chi connectivity index (χ2v) is 8.37. The number of piperidine rings is 1. The summed E-state index contributed by atoms with van der Waals surface area (Å²) in [6.07, 6.45) is 3.37. The zero-order valence-corrected chi connectivity index (χ0v) is 17.7. The number of nitrogens with zero attached hydrogens (tertiary/aromatic N) is 3. The van der Waals surface area contributed by atoms with Gasteiger partial charge in [-0.2, -0.15) is 5.10 Å². The Morgan fingerprint density at radius 1 is 1.18 bits per heavy atom. The van der Waals surface area contributed by atoms with Gasteiger partial charge in [0.15, 0.2) is 0 Å². The Hall–Kier alpha value is -2.14. The predicted octanol–water partition coefficient (Wildman–Crippen LogP) is 3.38. The number of rotatable bonds is 6. The van der Waals surface area contributed by atoms with E-state index in [1.165, 1.54) is 22.4 Å². The number of likely N-dealkylation sites (tertiary alicyclic amines) is 1. The molecule has 5 heteroatoms. The van der Waals surface area contributed by atoms with Crippen molar-refractivity contribution in [2.75, 3.05) is 13.1 Å². The molecule has 0 saturated carbocycles. The lowest BCUT2D eigenvalue weighted by molar-refractivity contribution is -0.132. The summed E-state index contributed by atoms with van der Waals surface area (Å²) < 4.78 is 2.06. The Kier molecular flexibility index (Phi) is 6.55. The number of carbonyl (C=O) groups excluding carboxylic acids is 1. The second kappa shape index (κ2) is 8.91. The summed E-state index contributed by atoms with van der Waals surface area (Å²) >= 11 is 0. The Morgan fingerprint density at radius 2 is 1.82 bits per heavy atom. The van der Waals surface area contributed by atoms with Gasteiger partial charge in [-0.3, -0.25) is 9.48 Å². The summed E-state index contributed by atoms with van der Waals surface area (Å²) in [7, 11) is 0. The van der Waals surface area contributed by atoms with Crippen molar-refractivity contribution in [3.8, 4) is 0 Å². The number of benzene rings is 1. The van der Waals surface area contributed by atoms with Gasteiger partial charge in [-0.15, -0.1) is 0 Å². The fourth-order valence-corrected chi connectivity index (χ4v) is 4.18. The Morgan fingerprint density at radius 3 is 2.43 bits per heavy atom. The molecular weight excluding hydrogens is 348 g/mol. The third kappa shape index (κ3) is 4.82. The lowest BCUT2D eigenvalue weighted by Crippen LogP contribution is -2.42. The highest BCUT2D eigenvalue weighted by atomic mass is 16.2. The van der Waals surface area contributed by atoms with Crippen LogP contribution in [0.3, 0.4) is 0 Å². The summed E-state index contributed by atoms with van der Waals surface area (Å²) in [6, 6.07) is 8.80. The van der Waals surface area contributed by atoms with Crippen molar-refractivity contribution < 1.29 is 4.79 Å². The molecule has 0 bridgehead atoms. The van der Waals surface area contributed by atoms with E-state index < -0.39 is 0 Å². The third-order valence-corrected chi connectivity index (χ3v) is 6.21. The number of hydrogen-bond acceptors (Lipinski definition) is 3. The van der Waals surface area contributed by atoms with Crippen LogP contribution in [0.1, 0.15) is 54.3 Å². The van der Waals surface area contributed by atoms with E-state index in [-0.39, 0.29) is 11.9 Å². The first-order chi connectivity index (χ1) is 13.3. The highest BCUT2D eigenvalue weighted by Crippen LogP contribution is 2.22. The van der Waals surface area contributed by atoms with E-state index in [1.54, 1.807) is 0 Å². The van der Waals surface area contributed by atoms with Crippen LogP contribution in [0.15, 0.2) is 24.3 Å². The van der Waals surface area contributed by atoms with Crippen LogP contribution in [0.2, 0.25) is 0 Å². The fraction of sp³-hybridized carbons (Fsp3) is 0.565. The van der Waals surface area contributed by atoms with Crippen molar-refractivity contribution in [2.45, 2.75) is 66.0 Å². The molecule has 1 aromatic carbocycles. The first-order valence-corrected chi connectivity index (χ1v) is 10.5. The summed E-state index contributed by atoms with van der Waals surface area (Å²) in [6.45, 7) is 10.8. The maximum atomic E-state index is 12.7. The molecule has 0 aliphatic carbocycles. The molecule has 2 N–H and O–H groups in total. The van der Waals surface area contributed by atoms with E-state index in [4.69, 9.17) is 10.8 Å². The van der Waals surface area contributed by atoms with Crippen LogP contribution in [-0.4, -0.2) is 39.7 Å². The van der Waals surface area contributed by atoms with Crippen LogP contribution in [0.25, 0.3) is 0 Å². The van der Waals surface area contributed by atoms with Crippen molar-refractivity contribution in [3.05, 3.63) is 52.3 Å². The summed E-state index contributed by atoms with van der Waals surface area (Å²) in [5.41, 5.74) is 11.9. The number of amides is 1. The SMILES string of the molecule is Cc1ccc(Cn2nc(C)c(CCC(=O)N3CCC(C(C)N)CC3)c2C)cc1. The van der Waals surface area contributed by atoms with Crippen LogP contribution < -0.4 is 5.73 Å². The van der Waals surface area contributed by atoms with Gasteiger partial charge in [0.05, 0.1) is 12.2 Å². The minimum absolute atomic E-state index is 0.224. The van der Waals surface area contributed by atoms with Crippen LogP contribution in [0.5, 0.6) is 0 Å². The highest BCUT2D eigenvalue weighted by Gasteiger charge is 2.25. The van der Waals surface area contributed by atoms with Gasteiger partial charge in [0.1, 0.15) is 0 Å². The molecule has 2 heterocycles. The zero-order valence-electron chi connectivity index (χ0n) is 17.7. The van der Waals surface area contributed by atoms with Gasteiger partial charge < -0.3 is 10.6 Å². The molecule has 1 atom stereocenters. The second-order valence-electron chi connectivity index (χ2n) is 8.37. The molecule has 1 aliphatic heterocycles. The predicted molar refractivity (Wildman–Crippen MR) is 113 cm³/mol. The molecule has 0 radical (unpaired) electrons. The van der Waals surface area contributed by atoms with Gasteiger partial charge in [-0.25, -0.2) is 0 Å². The molecule has 1 aromatic heterocycles. The Bertz CT molecular complexity index is 799. The maximum absolute atomic E-state index is 12.7.